The number of anilines is 2. The fraction of sp³-hybridized carbons (Fsp3) is 0.238. The summed E-state index contributed by atoms with van der Waals surface area (Å²) in [5.74, 6) is 0.419. The average molecular weight is 444 g/mol. The fourth-order valence-electron chi connectivity index (χ4n) is 3.23. The quantitative estimate of drug-likeness (QED) is 0.579. The number of fused-ring (bicyclic) bond motifs is 1. The van der Waals surface area contributed by atoms with Crippen LogP contribution in [0.5, 0.6) is 5.75 Å². The molecule has 0 fully saturated rings. The van der Waals surface area contributed by atoms with E-state index < -0.39 is 10.0 Å². The van der Waals surface area contributed by atoms with Gasteiger partial charge in [0.2, 0.25) is 10.0 Å². The Morgan fingerprint density at radius 2 is 2.00 bits per heavy atom. The van der Waals surface area contributed by atoms with Crippen molar-refractivity contribution in [3.8, 4) is 17.0 Å². The molecule has 1 amide bonds. The zero-order valence-corrected chi connectivity index (χ0v) is 18.0. The number of nitrogens with zero attached hydrogens (tertiary/aromatic N) is 1. The van der Waals surface area contributed by atoms with Crippen LogP contribution in [0.4, 0.5) is 10.8 Å². The average Bonchev–Trinajstić information content (AvgIpc) is 3.07. The van der Waals surface area contributed by atoms with Gasteiger partial charge in [-0.25, -0.2) is 13.4 Å². The van der Waals surface area contributed by atoms with Crippen LogP contribution in [0.2, 0.25) is 0 Å². The smallest absolute Gasteiger partial charge is 0.262 e. The third-order valence-electron chi connectivity index (χ3n) is 4.65. The Morgan fingerprint density at radius 3 is 2.80 bits per heavy atom. The van der Waals surface area contributed by atoms with Crippen molar-refractivity contribution in [1.29, 1.82) is 0 Å². The minimum Gasteiger partial charge on any atom is -0.482 e. The zero-order chi connectivity index (χ0) is 21.1. The standard InChI is InChI=1S/C21H21N3O4S2/c1-14-20(16-9-10-18-17(12-16)22-19(25)13-28-18)23-21(29-14)24-30(26,27)11-5-8-15-6-3-2-4-7-15/h2-4,6-7,9-10,12H,5,8,11,13H2,1H3,(H,22,25)(H,23,24). The summed E-state index contributed by atoms with van der Waals surface area (Å²) >= 11 is 1.28. The van der Waals surface area contributed by atoms with E-state index in [0.29, 0.717) is 35.1 Å². The molecule has 1 aliphatic rings. The van der Waals surface area contributed by atoms with E-state index in [-0.39, 0.29) is 18.3 Å². The summed E-state index contributed by atoms with van der Waals surface area (Å²) in [5.41, 5.74) is 3.15. The van der Waals surface area contributed by atoms with E-state index in [1.807, 2.05) is 43.3 Å². The van der Waals surface area contributed by atoms with Crippen molar-refractivity contribution in [1.82, 2.24) is 4.98 Å². The number of hydrogen-bond donors (Lipinski definition) is 2. The molecular weight excluding hydrogens is 422 g/mol. The molecule has 1 aliphatic heterocycles. The molecule has 0 unspecified atom stereocenters. The highest BCUT2D eigenvalue weighted by atomic mass is 32.2. The molecule has 4 rings (SSSR count). The first-order valence-electron chi connectivity index (χ1n) is 9.48. The minimum atomic E-state index is -3.49. The Balaban J connectivity index is 1.45. The number of aromatic nitrogens is 1. The van der Waals surface area contributed by atoms with Gasteiger partial charge in [-0.15, -0.1) is 11.3 Å². The maximum absolute atomic E-state index is 12.5. The lowest BCUT2D eigenvalue weighted by molar-refractivity contribution is -0.118. The largest absolute Gasteiger partial charge is 0.482 e. The molecule has 0 saturated heterocycles. The Labute approximate surface area is 179 Å². The highest BCUT2D eigenvalue weighted by Gasteiger charge is 2.19. The van der Waals surface area contributed by atoms with Crippen LogP contribution in [-0.4, -0.2) is 31.7 Å². The molecule has 0 aliphatic carbocycles. The van der Waals surface area contributed by atoms with E-state index in [4.69, 9.17) is 4.74 Å². The van der Waals surface area contributed by atoms with Crippen LogP contribution < -0.4 is 14.8 Å². The number of amides is 1. The highest BCUT2D eigenvalue weighted by molar-refractivity contribution is 7.92. The van der Waals surface area contributed by atoms with Gasteiger partial charge in [0.1, 0.15) is 5.75 Å². The Bertz CT molecular complexity index is 1170. The summed E-state index contributed by atoms with van der Waals surface area (Å²) in [6.07, 6.45) is 1.23. The van der Waals surface area contributed by atoms with Gasteiger partial charge in [0.05, 0.1) is 17.1 Å². The van der Waals surface area contributed by atoms with Gasteiger partial charge in [-0.2, -0.15) is 0 Å². The normalized spacial score (nSPS) is 13.3. The molecule has 30 heavy (non-hydrogen) atoms. The lowest BCUT2D eigenvalue weighted by Gasteiger charge is -2.18. The van der Waals surface area contributed by atoms with E-state index in [9.17, 15) is 13.2 Å². The van der Waals surface area contributed by atoms with Crippen molar-refractivity contribution in [2.75, 3.05) is 22.4 Å². The maximum Gasteiger partial charge on any atom is 0.262 e. The van der Waals surface area contributed by atoms with E-state index >= 15 is 0 Å². The number of aryl methyl sites for hydroxylation is 2. The van der Waals surface area contributed by atoms with Crippen molar-refractivity contribution < 1.29 is 17.9 Å². The minimum absolute atomic E-state index is 0.00171. The van der Waals surface area contributed by atoms with Crippen LogP contribution in [-0.2, 0) is 21.2 Å². The molecule has 9 heteroatoms. The van der Waals surface area contributed by atoms with Gasteiger partial charge in [0.15, 0.2) is 11.7 Å². The number of sulfonamides is 1. The molecule has 1 aromatic heterocycles. The molecule has 3 aromatic rings. The van der Waals surface area contributed by atoms with E-state index in [2.05, 4.69) is 15.0 Å². The van der Waals surface area contributed by atoms with Gasteiger partial charge in [-0.1, -0.05) is 30.3 Å². The van der Waals surface area contributed by atoms with Crippen molar-refractivity contribution in [3.05, 3.63) is 59.0 Å². The van der Waals surface area contributed by atoms with Crippen molar-refractivity contribution in [2.24, 2.45) is 0 Å². The van der Waals surface area contributed by atoms with Crippen molar-refractivity contribution in [3.63, 3.8) is 0 Å². The zero-order valence-electron chi connectivity index (χ0n) is 16.3. The van der Waals surface area contributed by atoms with E-state index in [1.165, 1.54) is 11.3 Å². The molecule has 7 nitrogen and oxygen atoms in total. The van der Waals surface area contributed by atoms with E-state index in [0.717, 1.165) is 16.0 Å². The topological polar surface area (TPSA) is 97.4 Å². The highest BCUT2D eigenvalue weighted by Crippen LogP contribution is 2.36. The molecule has 0 bridgehead atoms. The lowest BCUT2D eigenvalue weighted by Crippen LogP contribution is -2.25. The summed E-state index contributed by atoms with van der Waals surface area (Å²) in [6, 6.07) is 15.2. The first kappa shape index (κ1) is 20.4. The molecule has 2 aromatic carbocycles. The van der Waals surface area contributed by atoms with Crippen LogP contribution in [0, 0.1) is 6.92 Å². The molecule has 0 atom stereocenters. The van der Waals surface area contributed by atoms with Gasteiger partial charge >= 0.3 is 0 Å². The number of nitrogens with one attached hydrogen (secondary N) is 2. The summed E-state index contributed by atoms with van der Waals surface area (Å²) in [6.45, 7) is 1.88. The Kier molecular flexibility index (Phi) is 5.74. The second kappa shape index (κ2) is 8.45. The first-order chi connectivity index (χ1) is 14.4. The molecule has 0 saturated carbocycles. The Hall–Kier alpha value is -2.91. The fourth-order valence-corrected chi connectivity index (χ4v) is 5.41. The number of ether oxygens (including phenoxy) is 1. The van der Waals surface area contributed by atoms with Crippen LogP contribution in [0.3, 0.4) is 0 Å². The summed E-state index contributed by atoms with van der Waals surface area (Å²) in [4.78, 5) is 16.9. The van der Waals surface area contributed by atoms with Crippen LogP contribution >= 0.6 is 11.3 Å². The molecule has 2 N–H and O–H groups in total. The summed E-state index contributed by atoms with van der Waals surface area (Å²) < 4.78 is 32.9. The molecule has 0 radical (unpaired) electrons. The number of carbonyl (C=O) groups excluding carboxylic acids is 1. The van der Waals surface area contributed by atoms with Crippen LogP contribution in [0.25, 0.3) is 11.3 Å². The summed E-state index contributed by atoms with van der Waals surface area (Å²) in [7, 11) is -3.49. The van der Waals surface area contributed by atoms with Crippen molar-refractivity contribution in [2.45, 2.75) is 19.8 Å². The van der Waals surface area contributed by atoms with Crippen molar-refractivity contribution >= 4 is 38.1 Å². The van der Waals surface area contributed by atoms with Gasteiger partial charge in [-0.3, -0.25) is 9.52 Å². The monoisotopic (exact) mass is 443 g/mol. The molecule has 156 valence electrons. The third kappa shape index (κ3) is 4.80. The third-order valence-corrected chi connectivity index (χ3v) is 6.99. The number of thiazole rings is 1. The molecule has 0 spiro atoms. The van der Waals surface area contributed by atoms with Gasteiger partial charge < -0.3 is 10.1 Å². The number of benzene rings is 2. The summed E-state index contributed by atoms with van der Waals surface area (Å²) in [5, 5.41) is 3.10. The van der Waals surface area contributed by atoms with Crippen LogP contribution in [0.15, 0.2) is 48.5 Å². The SMILES string of the molecule is Cc1sc(NS(=O)(=O)CCCc2ccccc2)nc1-c1ccc2c(c1)NC(=O)CO2. The number of carbonyl (C=O) groups is 1. The van der Waals surface area contributed by atoms with Gasteiger partial charge in [-0.05, 0) is 43.5 Å². The lowest BCUT2D eigenvalue weighted by atomic mass is 10.1. The molecular formula is C21H21N3O4S2. The van der Waals surface area contributed by atoms with Crippen LogP contribution in [0.1, 0.15) is 16.9 Å². The van der Waals surface area contributed by atoms with Gasteiger partial charge in [0.25, 0.3) is 5.91 Å². The van der Waals surface area contributed by atoms with Gasteiger partial charge in [0, 0.05) is 10.4 Å². The Morgan fingerprint density at radius 1 is 1.20 bits per heavy atom. The predicted molar refractivity (Wildman–Crippen MR) is 119 cm³/mol. The number of hydrogen-bond acceptors (Lipinski definition) is 6. The van der Waals surface area contributed by atoms with E-state index in [1.54, 1.807) is 12.1 Å². The molecule has 2 heterocycles. The second-order valence-electron chi connectivity index (χ2n) is 6.98. The maximum atomic E-state index is 12.5. The number of rotatable bonds is 7. The second-order valence-corrected chi connectivity index (χ2v) is 10.0. The first-order valence-corrected chi connectivity index (χ1v) is 12.0. The predicted octanol–water partition coefficient (Wildman–Crippen LogP) is 3.82.